The third kappa shape index (κ3) is 4.59. The highest BCUT2D eigenvalue weighted by Gasteiger charge is 2.32. The molecule has 1 unspecified atom stereocenters. The number of fused-ring (bicyclic) bond motifs is 2. The Morgan fingerprint density at radius 2 is 1.89 bits per heavy atom. The fourth-order valence-electron chi connectivity index (χ4n) is 4.32. The molecule has 0 aliphatic carbocycles. The van der Waals surface area contributed by atoms with Gasteiger partial charge in [0.2, 0.25) is 0 Å². The minimum atomic E-state index is -1.16. The minimum Gasteiger partial charge on any atom is -0.479 e. The van der Waals surface area contributed by atoms with E-state index in [1.54, 1.807) is 23.0 Å². The van der Waals surface area contributed by atoms with E-state index in [1.165, 1.54) is 11.3 Å². The third-order valence-electron chi connectivity index (χ3n) is 5.74. The lowest BCUT2D eigenvalue weighted by atomic mass is 9.91. The highest BCUT2D eigenvalue weighted by Crippen LogP contribution is 2.44. The van der Waals surface area contributed by atoms with Crippen molar-refractivity contribution in [2.45, 2.75) is 39.4 Å². The number of halogens is 1. The Morgan fingerprint density at radius 1 is 1.17 bits per heavy atom. The van der Waals surface area contributed by atoms with Crippen molar-refractivity contribution in [2.75, 3.05) is 0 Å². The topological polar surface area (TPSA) is 90.1 Å². The Kier molecular flexibility index (Phi) is 6.06. The fourth-order valence-corrected chi connectivity index (χ4v) is 5.53. The van der Waals surface area contributed by atoms with Crippen LogP contribution in [0.15, 0.2) is 48.8 Å². The summed E-state index contributed by atoms with van der Waals surface area (Å²) < 4.78 is 8.70. The molecule has 0 aliphatic rings. The zero-order valence-corrected chi connectivity index (χ0v) is 22.1. The molecule has 3 aromatic heterocycles. The van der Waals surface area contributed by atoms with Crippen molar-refractivity contribution >= 4 is 50.0 Å². The maximum Gasteiger partial charge on any atom is 0.337 e. The zero-order valence-electron chi connectivity index (χ0n) is 20.5. The Bertz CT molecular complexity index is 1620. The van der Waals surface area contributed by atoms with Gasteiger partial charge < -0.3 is 9.84 Å². The van der Waals surface area contributed by atoms with Crippen LogP contribution in [-0.2, 0) is 16.6 Å². The molecule has 0 amide bonds. The molecule has 0 bridgehead atoms. The Hall–Kier alpha value is -3.33. The first-order valence-electron chi connectivity index (χ1n) is 11.4. The second-order valence-electron chi connectivity index (χ2n) is 9.74. The number of thiazole rings is 1. The Morgan fingerprint density at radius 3 is 2.56 bits per heavy atom. The second kappa shape index (κ2) is 8.96. The van der Waals surface area contributed by atoms with Crippen LogP contribution in [0.3, 0.4) is 0 Å². The summed E-state index contributed by atoms with van der Waals surface area (Å²) in [6.07, 6.45) is 2.53. The van der Waals surface area contributed by atoms with Crippen molar-refractivity contribution < 1.29 is 14.6 Å². The molecule has 0 aliphatic heterocycles. The number of aryl methyl sites for hydroxylation is 2. The molecule has 0 saturated heterocycles. The molecule has 0 spiro atoms. The van der Waals surface area contributed by atoms with E-state index in [0.29, 0.717) is 10.6 Å². The van der Waals surface area contributed by atoms with Gasteiger partial charge in [0.25, 0.3) is 0 Å². The van der Waals surface area contributed by atoms with Gasteiger partial charge in [0, 0.05) is 34.8 Å². The minimum absolute atomic E-state index is 0.601. The quantitative estimate of drug-likeness (QED) is 0.273. The van der Waals surface area contributed by atoms with Crippen LogP contribution in [0.1, 0.15) is 38.0 Å². The van der Waals surface area contributed by atoms with Gasteiger partial charge in [0.1, 0.15) is 10.5 Å². The summed E-state index contributed by atoms with van der Waals surface area (Å²) in [6, 6.07) is 11.3. The number of hydrogen-bond acceptors (Lipinski definition) is 6. The number of benzene rings is 2. The molecule has 1 N–H and O–H groups in total. The van der Waals surface area contributed by atoms with Crippen LogP contribution in [0, 0.1) is 6.92 Å². The van der Waals surface area contributed by atoms with Gasteiger partial charge in [0.15, 0.2) is 6.10 Å². The second-order valence-corrected chi connectivity index (χ2v) is 11.2. The van der Waals surface area contributed by atoms with Crippen molar-refractivity contribution in [3.63, 3.8) is 0 Å². The van der Waals surface area contributed by atoms with E-state index in [0.717, 1.165) is 48.5 Å². The summed E-state index contributed by atoms with van der Waals surface area (Å²) in [5, 5.41) is 16.9. The third-order valence-corrected chi connectivity index (χ3v) is 7.11. The summed E-state index contributed by atoms with van der Waals surface area (Å²) in [4.78, 5) is 22.0. The first kappa shape index (κ1) is 24.4. The van der Waals surface area contributed by atoms with Gasteiger partial charge in [-0.3, -0.25) is 9.67 Å². The molecule has 2 aromatic carbocycles. The van der Waals surface area contributed by atoms with Gasteiger partial charge in [-0.15, -0.1) is 11.3 Å². The number of carbonyl (C=O) groups is 1. The van der Waals surface area contributed by atoms with E-state index >= 15 is 0 Å². The zero-order chi connectivity index (χ0) is 25.8. The van der Waals surface area contributed by atoms with Crippen LogP contribution in [0.4, 0.5) is 0 Å². The van der Waals surface area contributed by atoms with Crippen LogP contribution >= 0.6 is 22.9 Å². The largest absolute Gasteiger partial charge is 0.479 e. The smallest absolute Gasteiger partial charge is 0.337 e. The molecule has 5 aromatic rings. The van der Waals surface area contributed by atoms with Crippen molar-refractivity contribution in [1.29, 1.82) is 0 Å². The van der Waals surface area contributed by atoms with E-state index in [9.17, 15) is 9.90 Å². The number of nitrogens with zero attached hydrogens (tertiary/aromatic N) is 4. The number of carboxylic acids is 1. The average Bonchev–Trinajstić information content (AvgIpc) is 3.38. The van der Waals surface area contributed by atoms with E-state index < -0.39 is 17.7 Å². The van der Waals surface area contributed by atoms with Gasteiger partial charge in [0.05, 0.1) is 27.7 Å². The molecule has 184 valence electrons. The summed E-state index contributed by atoms with van der Waals surface area (Å²) in [5.74, 6) is -1.05. The van der Waals surface area contributed by atoms with Crippen LogP contribution < -0.4 is 0 Å². The molecule has 5 rings (SSSR count). The van der Waals surface area contributed by atoms with Crippen molar-refractivity contribution in [3.05, 3.63) is 64.9 Å². The number of aromatic nitrogens is 4. The Balaban J connectivity index is 1.78. The SMILES string of the molecule is Cc1cc2nc(-c3cc4cn(C)nc4cn3)sc2c(-c2ccc(Cl)cc2)c1C(OC(C)(C)C)C(=O)O. The lowest BCUT2D eigenvalue weighted by Crippen LogP contribution is -2.28. The van der Waals surface area contributed by atoms with Crippen molar-refractivity contribution in [3.8, 4) is 21.8 Å². The van der Waals surface area contributed by atoms with Crippen LogP contribution in [0.2, 0.25) is 5.02 Å². The molecular weight excluding hydrogens is 496 g/mol. The molecule has 0 radical (unpaired) electrons. The maximum atomic E-state index is 12.5. The predicted molar refractivity (Wildman–Crippen MR) is 144 cm³/mol. The summed E-state index contributed by atoms with van der Waals surface area (Å²) in [7, 11) is 1.87. The van der Waals surface area contributed by atoms with Gasteiger partial charge in [-0.2, -0.15) is 5.10 Å². The van der Waals surface area contributed by atoms with E-state index in [4.69, 9.17) is 21.3 Å². The van der Waals surface area contributed by atoms with Gasteiger partial charge in [-0.25, -0.2) is 9.78 Å². The van der Waals surface area contributed by atoms with Crippen LogP contribution in [0.5, 0.6) is 0 Å². The monoisotopic (exact) mass is 520 g/mol. The number of rotatable bonds is 5. The molecule has 3 heterocycles. The van der Waals surface area contributed by atoms with Crippen molar-refractivity contribution in [2.24, 2.45) is 7.05 Å². The number of aliphatic carboxylic acids is 1. The Labute approximate surface area is 217 Å². The molecule has 0 saturated carbocycles. The number of hydrogen-bond donors (Lipinski definition) is 1. The molecule has 0 fully saturated rings. The van der Waals surface area contributed by atoms with Gasteiger partial charge >= 0.3 is 5.97 Å². The highest BCUT2D eigenvalue weighted by atomic mass is 35.5. The summed E-state index contributed by atoms with van der Waals surface area (Å²) >= 11 is 7.66. The molecule has 1 atom stereocenters. The van der Waals surface area contributed by atoms with E-state index in [1.807, 2.05) is 65.2 Å². The first-order valence-corrected chi connectivity index (χ1v) is 12.6. The number of pyridine rings is 1. The van der Waals surface area contributed by atoms with E-state index in [-0.39, 0.29) is 0 Å². The number of ether oxygens (including phenoxy) is 1. The standard InChI is InChI=1S/C27H25ClN4O3S/c1-14-10-18-24(36-25(30-18)19-11-16-13-32(5)31-20(16)12-29-19)22(15-6-8-17(28)9-7-15)21(14)23(26(33)34)35-27(2,3)4/h6-13,23H,1-5H3,(H,33,34). The van der Waals surface area contributed by atoms with Gasteiger partial charge in [-0.1, -0.05) is 23.7 Å². The molecule has 36 heavy (non-hydrogen) atoms. The summed E-state index contributed by atoms with van der Waals surface area (Å²) in [6.45, 7) is 7.45. The van der Waals surface area contributed by atoms with E-state index in [2.05, 4.69) is 10.1 Å². The molecular formula is C27H25ClN4O3S. The van der Waals surface area contributed by atoms with Crippen LogP contribution in [0.25, 0.3) is 42.9 Å². The van der Waals surface area contributed by atoms with Gasteiger partial charge in [-0.05, 0) is 63.1 Å². The summed E-state index contributed by atoms with van der Waals surface area (Å²) in [5.41, 5.74) is 4.68. The molecule has 7 nitrogen and oxygen atoms in total. The number of carboxylic acid groups (broad SMARTS) is 1. The lowest BCUT2D eigenvalue weighted by Gasteiger charge is -2.28. The first-order chi connectivity index (χ1) is 17.0. The average molecular weight is 521 g/mol. The van der Waals surface area contributed by atoms with Crippen LogP contribution in [-0.4, -0.2) is 36.4 Å². The predicted octanol–water partition coefficient (Wildman–Crippen LogP) is 6.81. The highest BCUT2D eigenvalue weighted by molar-refractivity contribution is 7.22. The maximum absolute atomic E-state index is 12.5. The molecule has 9 heteroatoms. The fraction of sp³-hybridized carbons (Fsp3) is 0.259. The lowest BCUT2D eigenvalue weighted by molar-refractivity contribution is -0.160. The normalized spacial score (nSPS) is 12.9. The van der Waals surface area contributed by atoms with Crippen molar-refractivity contribution in [1.82, 2.24) is 19.7 Å².